The maximum absolute atomic E-state index is 11.9. The first kappa shape index (κ1) is 13.0. The molecule has 1 aromatic carbocycles. The van der Waals surface area contributed by atoms with Gasteiger partial charge in [-0.1, -0.05) is 0 Å². The lowest BCUT2D eigenvalue weighted by Crippen LogP contribution is -2.14. The summed E-state index contributed by atoms with van der Waals surface area (Å²) in [5, 5.41) is 6.92. The zero-order chi connectivity index (χ0) is 13.9. The zero-order valence-corrected chi connectivity index (χ0v) is 12.1. The normalized spacial score (nSPS) is 12.4. The van der Waals surface area contributed by atoms with E-state index in [0.717, 1.165) is 4.47 Å². The highest BCUT2D eigenvalue weighted by Crippen LogP contribution is 2.34. The molecule has 0 bridgehead atoms. The molecule has 1 aliphatic rings. The van der Waals surface area contributed by atoms with Crippen LogP contribution in [0.2, 0.25) is 0 Å². The molecular weight excluding hydrogens is 326 g/mol. The fourth-order valence-electron chi connectivity index (χ4n) is 1.87. The molecule has 2 heterocycles. The Morgan fingerprint density at radius 1 is 1.40 bits per heavy atom. The molecule has 1 amide bonds. The third-order valence-electron chi connectivity index (χ3n) is 2.83. The summed E-state index contributed by atoms with van der Waals surface area (Å²) >= 11 is 3.31. The largest absolute Gasteiger partial charge is 0.454 e. The second-order valence-electron chi connectivity index (χ2n) is 4.29. The van der Waals surface area contributed by atoms with Crippen LogP contribution in [0.5, 0.6) is 11.5 Å². The summed E-state index contributed by atoms with van der Waals surface area (Å²) in [6.07, 6.45) is 3.87. The molecule has 0 radical (unpaired) electrons. The van der Waals surface area contributed by atoms with Crippen LogP contribution in [0.4, 0.5) is 5.69 Å². The van der Waals surface area contributed by atoms with Crippen molar-refractivity contribution in [2.75, 3.05) is 12.1 Å². The van der Waals surface area contributed by atoms with Gasteiger partial charge in [0.2, 0.25) is 12.7 Å². The van der Waals surface area contributed by atoms with Crippen LogP contribution in [0.1, 0.15) is 6.42 Å². The van der Waals surface area contributed by atoms with E-state index in [1.165, 1.54) is 0 Å². The standard InChI is InChI=1S/C13H12BrN3O3/c14-9-6-15-17(7-9)4-3-13(18)16-10-1-2-11-12(5-10)20-8-19-11/h1-2,5-7H,3-4,8H2,(H,16,18). The maximum Gasteiger partial charge on any atom is 0.231 e. The second-order valence-corrected chi connectivity index (χ2v) is 5.20. The Morgan fingerprint density at radius 3 is 3.05 bits per heavy atom. The number of aromatic nitrogens is 2. The lowest BCUT2D eigenvalue weighted by atomic mass is 10.2. The number of halogens is 1. The summed E-state index contributed by atoms with van der Waals surface area (Å²) in [4.78, 5) is 11.9. The molecule has 104 valence electrons. The molecule has 0 fully saturated rings. The van der Waals surface area contributed by atoms with Crippen molar-refractivity contribution in [3.63, 3.8) is 0 Å². The first-order valence-corrected chi connectivity index (χ1v) is 6.87. The first-order chi connectivity index (χ1) is 9.70. The van der Waals surface area contributed by atoms with Crippen LogP contribution in [-0.2, 0) is 11.3 Å². The molecule has 0 spiro atoms. The number of rotatable bonds is 4. The molecule has 20 heavy (non-hydrogen) atoms. The lowest BCUT2D eigenvalue weighted by molar-refractivity contribution is -0.116. The fraction of sp³-hybridized carbons (Fsp3) is 0.231. The molecular formula is C13H12BrN3O3. The van der Waals surface area contributed by atoms with E-state index in [1.807, 2.05) is 6.20 Å². The predicted octanol–water partition coefficient (Wildman–Crippen LogP) is 2.40. The summed E-state index contributed by atoms with van der Waals surface area (Å²) < 4.78 is 13.1. The Bertz CT molecular complexity index is 642. The van der Waals surface area contributed by atoms with E-state index < -0.39 is 0 Å². The molecule has 1 aromatic heterocycles. The topological polar surface area (TPSA) is 65.4 Å². The highest BCUT2D eigenvalue weighted by atomic mass is 79.9. The van der Waals surface area contributed by atoms with Crippen LogP contribution in [0.15, 0.2) is 35.1 Å². The van der Waals surface area contributed by atoms with Crippen LogP contribution in [0.3, 0.4) is 0 Å². The number of aryl methyl sites for hydroxylation is 1. The van der Waals surface area contributed by atoms with Crippen LogP contribution < -0.4 is 14.8 Å². The smallest absolute Gasteiger partial charge is 0.231 e. The minimum atomic E-state index is -0.0736. The maximum atomic E-state index is 11.9. The molecule has 0 saturated carbocycles. The number of benzene rings is 1. The summed E-state index contributed by atoms with van der Waals surface area (Å²) in [5.41, 5.74) is 0.695. The number of nitrogens with one attached hydrogen (secondary N) is 1. The van der Waals surface area contributed by atoms with Gasteiger partial charge < -0.3 is 14.8 Å². The van der Waals surface area contributed by atoms with E-state index in [0.29, 0.717) is 30.2 Å². The Kier molecular flexibility index (Phi) is 3.60. The Hall–Kier alpha value is -2.02. The van der Waals surface area contributed by atoms with Gasteiger partial charge in [0.1, 0.15) is 0 Å². The number of carbonyl (C=O) groups excluding carboxylic acids is 1. The van der Waals surface area contributed by atoms with Gasteiger partial charge in [-0.15, -0.1) is 0 Å². The van der Waals surface area contributed by atoms with E-state index in [4.69, 9.17) is 9.47 Å². The van der Waals surface area contributed by atoms with Crippen molar-refractivity contribution in [3.05, 3.63) is 35.1 Å². The van der Waals surface area contributed by atoms with Crippen molar-refractivity contribution < 1.29 is 14.3 Å². The highest BCUT2D eigenvalue weighted by Gasteiger charge is 2.14. The molecule has 2 aromatic rings. The number of carbonyl (C=O) groups is 1. The average molecular weight is 338 g/mol. The van der Waals surface area contributed by atoms with Crippen molar-refractivity contribution in [2.45, 2.75) is 13.0 Å². The van der Waals surface area contributed by atoms with Gasteiger partial charge in [0.05, 0.1) is 10.7 Å². The molecule has 1 aliphatic heterocycles. The van der Waals surface area contributed by atoms with Gasteiger partial charge in [0, 0.05) is 30.9 Å². The molecule has 0 atom stereocenters. The van der Waals surface area contributed by atoms with Gasteiger partial charge in [-0.3, -0.25) is 9.48 Å². The molecule has 0 aliphatic carbocycles. The van der Waals surface area contributed by atoms with E-state index in [-0.39, 0.29) is 12.7 Å². The van der Waals surface area contributed by atoms with Crippen molar-refractivity contribution >= 4 is 27.5 Å². The number of hydrogen-bond acceptors (Lipinski definition) is 4. The summed E-state index contributed by atoms with van der Waals surface area (Å²) in [7, 11) is 0. The van der Waals surface area contributed by atoms with Crippen molar-refractivity contribution in [1.29, 1.82) is 0 Å². The highest BCUT2D eigenvalue weighted by molar-refractivity contribution is 9.10. The molecule has 3 rings (SSSR count). The SMILES string of the molecule is O=C(CCn1cc(Br)cn1)Nc1ccc2c(c1)OCO2. The number of anilines is 1. The number of fused-ring (bicyclic) bond motifs is 1. The summed E-state index contributed by atoms with van der Waals surface area (Å²) in [6.45, 7) is 0.753. The quantitative estimate of drug-likeness (QED) is 0.930. The van der Waals surface area contributed by atoms with E-state index in [2.05, 4.69) is 26.3 Å². The number of hydrogen-bond donors (Lipinski definition) is 1. The predicted molar refractivity (Wildman–Crippen MR) is 75.7 cm³/mol. The Balaban J connectivity index is 1.56. The van der Waals surface area contributed by atoms with Crippen LogP contribution in [0.25, 0.3) is 0 Å². The molecule has 6 nitrogen and oxygen atoms in total. The number of ether oxygens (including phenoxy) is 2. The monoisotopic (exact) mass is 337 g/mol. The zero-order valence-electron chi connectivity index (χ0n) is 10.5. The van der Waals surface area contributed by atoms with E-state index in [1.54, 1.807) is 29.1 Å². The van der Waals surface area contributed by atoms with Crippen LogP contribution in [0, 0.1) is 0 Å². The average Bonchev–Trinajstić information content (AvgIpc) is 3.04. The van der Waals surface area contributed by atoms with Crippen LogP contribution >= 0.6 is 15.9 Å². The second kappa shape index (κ2) is 5.54. The van der Waals surface area contributed by atoms with Gasteiger partial charge >= 0.3 is 0 Å². The third-order valence-corrected chi connectivity index (χ3v) is 3.24. The van der Waals surface area contributed by atoms with Gasteiger partial charge in [-0.2, -0.15) is 5.10 Å². The van der Waals surface area contributed by atoms with Gasteiger partial charge in [-0.05, 0) is 28.1 Å². The van der Waals surface area contributed by atoms with Crippen molar-refractivity contribution in [3.8, 4) is 11.5 Å². The fourth-order valence-corrected chi connectivity index (χ4v) is 2.20. The van der Waals surface area contributed by atoms with Crippen molar-refractivity contribution in [1.82, 2.24) is 9.78 Å². The molecule has 7 heteroatoms. The summed E-state index contributed by atoms with van der Waals surface area (Å²) in [5.74, 6) is 1.28. The van der Waals surface area contributed by atoms with E-state index in [9.17, 15) is 4.79 Å². The van der Waals surface area contributed by atoms with Gasteiger partial charge in [-0.25, -0.2) is 0 Å². The summed E-state index contributed by atoms with van der Waals surface area (Å²) in [6, 6.07) is 5.32. The van der Waals surface area contributed by atoms with Gasteiger partial charge in [0.25, 0.3) is 0 Å². The van der Waals surface area contributed by atoms with Crippen LogP contribution in [-0.4, -0.2) is 22.5 Å². The minimum Gasteiger partial charge on any atom is -0.454 e. The number of amides is 1. The van der Waals surface area contributed by atoms with Crippen molar-refractivity contribution in [2.24, 2.45) is 0 Å². The molecule has 0 saturated heterocycles. The Morgan fingerprint density at radius 2 is 2.25 bits per heavy atom. The Labute approximate surface area is 123 Å². The molecule has 0 unspecified atom stereocenters. The third kappa shape index (κ3) is 2.93. The molecule has 1 N–H and O–H groups in total. The van der Waals surface area contributed by atoms with E-state index >= 15 is 0 Å². The van der Waals surface area contributed by atoms with Gasteiger partial charge in [0.15, 0.2) is 11.5 Å². The first-order valence-electron chi connectivity index (χ1n) is 6.08. The number of nitrogens with zero attached hydrogens (tertiary/aromatic N) is 2. The minimum absolute atomic E-state index is 0.0736. The lowest BCUT2D eigenvalue weighted by Gasteiger charge is -2.06.